The fraction of sp³-hybridized carbons (Fsp3) is 0.0769. The predicted molar refractivity (Wildman–Crippen MR) is 120 cm³/mol. The number of benzene rings is 3. The average molecular weight is 365 g/mol. The number of hydrogen-bond donors (Lipinski definition) is 0. The predicted octanol–water partition coefficient (Wildman–Crippen LogP) is 7.56. The van der Waals surface area contributed by atoms with Gasteiger partial charge in [-0.3, -0.25) is 0 Å². The van der Waals surface area contributed by atoms with Crippen molar-refractivity contribution in [3.63, 3.8) is 0 Å². The minimum Gasteiger partial charge on any atom is -0.126 e. The van der Waals surface area contributed by atoms with Gasteiger partial charge in [0.25, 0.3) is 0 Å². The molecule has 27 heavy (non-hydrogen) atoms. The standard InChI is InChI=1S/C26H20S/c1-4-8-23-24-17-22(13-14-26(24)27-25(23)5-2)21-12-7-11-20(16-21)19-10-6-9-18(3)15-19/h2,4,6-17H,1,3H3/b8-4-. The maximum absolute atomic E-state index is 5.72. The maximum atomic E-state index is 5.72. The van der Waals surface area contributed by atoms with Crippen LogP contribution in [0.2, 0.25) is 0 Å². The van der Waals surface area contributed by atoms with Crippen LogP contribution in [0.5, 0.6) is 0 Å². The molecular formula is C26H20S. The second kappa shape index (κ2) is 7.27. The van der Waals surface area contributed by atoms with Crippen LogP contribution in [0.1, 0.15) is 22.9 Å². The summed E-state index contributed by atoms with van der Waals surface area (Å²) >= 11 is 1.68. The van der Waals surface area contributed by atoms with Crippen LogP contribution in [0.4, 0.5) is 0 Å². The van der Waals surface area contributed by atoms with E-state index in [1.54, 1.807) is 11.3 Å². The molecule has 0 radical (unpaired) electrons. The molecule has 130 valence electrons. The Morgan fingerprint density at radius 1 is 0.852 bits per heavy atom. The summed E-state index contributed by atoms with van der Waals surface area (Å²) in [6.45, 7) is 4.16. The topological polar surface area (TPSA) is 0 Å². The van der Waals surface area contributed by atoms with Crippen LogP contribution in [0, 0.1) is 19.3 Å². The molecule has 4 aromatic rings. The molecule has 0 aliphatic rings. The molecule has 0 amide bonds. The van der Waals surface area contributed by atoms with Gasteiger partial charge in [-0.05, 0) is 54.3 Å². The molecule has 0 nitrogen and oxygen atoms in total. The lowest BCUT2D eigenvalue weighted by atomic mass is 9.97. The Morgan fingerprint density at radius 3 is 2.19 bits per heavy atom. The van der Waals surface area contributed by atoms with Gasteiger partial charge in [0.15, 0.2) is 0 Å². The first-order valence-corrected chi connectivity index (χ1v) is 9.84. The molecule has 3 aromatic carbocycles. The molecule has 0 fully saturated rings. The molecule has 0 N–H and O–H groups in total. The zero-order valence-corrected chi connectivity index (χ0v) is 16.3. The number of rotatable bonds is 3. The van der Waals surface area contributed by atoms with Crippen molar-refractivity contribution < 1.29 is 0 Å². The second-order valence-corrected chi connectivity index (χ2v) is 7.70. The van der Waals surface area contributed by atoms with Gasteiger partial charge >= 0.3 is 0 Å². The Labute approximate surface area is 164 Å². The van der Waals surface area contributed by atoms with E-state index in [1.165, 1.54) is 37.9 Å². The zero-order chi connectivity index (χ0) is 18.8. The Morgan fingerprint density at radius 2 is 1.52 bits per heavy atom. The lowest BCUT2D eigenvalue weighted by molar-refractivity contribution is 1.47. The minimum atomic E-state index is 0.994. The molecule has 0 atom stereocenters. The summed E-state index contributed by atoms with van der Waals surface area (Å²) in [5.41, 5.74) is 7.34. The highest BCUT2D eigenvalue weighted by molar-refractivity contribution is 7.19. The summed E-state index contributed by atoms with van der Waals surface area (Å²) in [4.78, 5) is 0.994. The van der Waals surface area contributed by atoms with Gasteiger partial charge in [-0.15, -0.1) is 17.8 Å². The number of terminal acetylenes is 1. The molecule has 1 heteroatoms. The largest absolute Gasteiger partial charge is 0.126 e. The van der Waals surface area contributed by atoms with Crippen LogP contribution in [0.15, 0.2) is 72.8 Å². The first-order chi connectivity index (χ1) is 13.2. The van der Waals surface area contributed by atoms with E-state index < -0.39 is 0 Å². The summed E-state index contributed by atoms with van der Waals surface area (Å²) in [5.74, 6) is 2.83. The Hall–Kier alpha value is -3.08. The van der Waals surface area contributed by atoms with E-state index in [1.807, 2.05) is 13.0 Å². The van der Waals surface area contributed by atoms with Crippen molar-refractivity contribution in [2.45, 2.75) is 13.8 Å². The van der Waals surface area contributed by atoms with E-state index >= 15 is 0 Å². The van der Waals surface area contributed by atoms with Crippen LogP contribution in [0.25, 0.3) is 38.4 Å². The zero-order valence-electron chi connectivity index (χ0n) is 15.5. The number of hydrogen-bond acceptors (Lipinski definition) is 1. The molecule has 0 saturated carbocycles. The van der Waals surface area contributed by atoms with Gasteiger partial charge in [-0.25, -0.2) is 0 Å². The van der Waals surface area contributed by atoms with Gasteiger partial charge in [0, 0.05) is 15.6 Å². The van der Waals surface area contributed by atoms with Gasteiger partial charge in [-0.1, -0.05) is 72.2 Å². The first kappa shape index (κ1) is 17.3. The van der Waals surface area contributed by atoms with Crippen molar-refractivity contribution in [2.75, 3.05) is 0 Å². The Bertz CT molecular complexity index is 1200. The van der Waals surface area contributed by atoms with E-state index in [4.69, 9.17) is 6.42 Å². The molecule has 0 bridgehead atoms. The third-order valence-electron chi connectivity index (χ3n) is 4.74. The highest BCUT2D eigenvalue weighted by Gasteiger charge is 2.10. The van der Waals surface area contributed by atoms with Crippen LogP contribution in [-0.4, -0.2) is 0 Å². The SMILES string of the molecule is C#Cc1sc2ccc(-c3cccc(-c4cccc(C)c4)c3)cc2c1/C=C\C. The summed E-state index contributed by atoms with van der Waals surface area (Å²) < 4.78 is 1.23. The number of thiophene rings is 1. The van der Waals surface area contributed by atoms with Gasteiger partial charge in [0.1, 0.15) is 0 Å². The van der Waals surface area contributed by atoms with Gasteiger partial charge in [0.2, 0.25) is 0 Å². The normalized spacial score (nSPS) is 11.1. The van der Waals surface area contributed by atoms with E-state index in [2.05, 4.69) is 85.7 Å². The summed E-state index contributed by atoms with van der Waals surface area (Å²) in [5, 5.41) is 1.23. The van der Waals surface area contributed by atoms with Crippen LogP contribution in [0.3, 0.4) is 0 Å². The van der Waals surface area contributed by atoms with Crippen molar-refractivity contribution in [1.82, 2.24) is 0 Å². The number of fused-ring (bicyclic) bond motifs is 1. The highest BCUT2D eigenvalue weighted by Crippen LogP contribution is 2.36. The third kappa shape index (κ3) is 3.33. The Balaban J connectivity index is 1.84. The molecule has 0 unspecified atom stereocenters. The van der Waals surface area contributed by atoms with Crippen molar-refractivity contribution in [1.29, 1.82) is 0 Å². The molecule has 1 aromatic heterocycles. The molecular weight excluding hydrogens is 344 g/mol. The molecule has 0 spiro atoms. The van der Waals surface area contributed by atoms with Gasteiger partial charge in [-0.2, -0.15) is 0 Å². The first-order valence-electron chi connectivity index (χ1n) is 9.03. The van der Waals surface area contributed by atoms with E-state index in [-0.39, 0.29) is 0 Å². The smallest absolute Gasteiger partial charge is 0.0850 e. The minimum absolute atomic E-state index is 0.994. The molecule has 0 aliphatic heterocycles. The van der Waals surface area contributed by atoms with E-state index in [0.29, 0.717) is 0 Å². The summed E-state index contributed by atoms with van der Waals surface area (Å²) in [7, 11) is 0. The molecule has 0 saturated heterocycles. The average Bonchev–Trinajstić information content (AvgIpc) is 3.05. The summed E-state index contributed by atoms with van der Waals surface area (Å²) in [6, 6.07) is 24.0. The van der Waals surface area contributed by atoms with E-state index in [9.17, 15) is 0 Å². The lowest BCUT2D eigenvalue weighted by Crippen LogP contribution is -1.83. The maximum Gasteiger partial charge on any atom is 0.0850 e. The van der Waals surface area contributed by atoms with Crippen LogP contribution < -0.4 is 0 Å². The Kier molecular flexibility index (Phi) is 4.67. The van der Waals surface area contributed by atoms with Crippen molar-refractivity contribution in [3.05, 3.63) is 88.8 Å². The molecule has 4 rings (SSSR count). The fourth-order valence-corrected chi connectivity index (χ4v) is 4.42. The summed E-state index contributed by atoms with van der Waals surface area (Å²) in [6.07, 6.45) is 9.88. The quantitative estimate of drug-likeness (QED) is 0.329. The third-order valence-corrected chi connectivity index (χ3v) is 5.86. The monoisotopic (exact) mass is 364 g/mol. The lowest BCUT2D eigenvalue weighted by Gasteiger charge is -2.07. The number of allylic oxidation sites excluding steroid dienone is 1. The van der Waals surface area contributed by atoms with Crippen molar-refractivity contribution in [2.24, 2.45) is 0 Å². The fourth-order valence-electron chi connectivity index (χ4n) is 3.44. The van der Waals surface area contributed by atoms with Crippen molar-refractivity contribution in [3.8, 4) is 34.6 Å². The second-order valence-electron chi connectivity index (χ2n) is 6.65. The molecule has 0 aliphatic carbocycles. The van der Waals surface area contributed by atoms with Crippen LogP contribution >= 0.6 is 11.3 Å². The van der Waals surface area contributed by atoms with Crippen molar-refractivity contribution >= 4 is 27.5 Å². The van der Waals surface area contributed by atoms with Crippen LogP contribution in [-0.2, 0) is 0 Å². The van der Waals surface area contributed by atoms with E-state index in [0.717, 1.165) is 10.4 Å². The van der Waals surface area contributed by atoms with Gasteiger partial charge in [0.05, 0.1) is 4.88 Å². The molecule has 1 heterocycles. The van der Waals surface area contributed by atoms with Gasteiger partial charge < -0.3 is 0 Å². The number of aryl methyl sites for hydroxylation is 1. The highest BCUT2D eigenvalue weighted by atomic mass is 32.1.